The second kappa shape index (κ2) is 8.03. The molecule has 2 atom stereocenters. The number of carbonyl (C=O) groups excluding carboxylic acids is 1. The van der Waals surface area contributed by atoms with E-state index >= 15 is 0 Å². The molecule has 1 aliphatic rings. The molecule has 0 spiro atoms. The van der Waals surface area contributed by atoms with Crippen LogP contribution >= 0.6 is 0 Å². The van der Waals surface area contributed by atoms with Gasteiger partial charge in [0.15, 0.2) is 0 Å². The summed E-state index contributed by atoms with van der Waals surface area (Å²) in [6.45, 7) is 2.62. The Morgan fingerprint density at radius 2 is 1.95 bits per heavy atom. The van der Waals surface area contributed by atoms with Gasteiger partial charge < -0.3 is 15.4 Å². The zero-order chi connectivity index (χ0) is 15.1. The van der Waals surface area contributed by atoms with Crippen molar-refractivity contribution in [1.82, 2.24) is 5.32 Å². The molecule has 0 aliphatic heterocycles. The molecule has 2 unspecified atom stereocenters. The molecule has 0 heterocycles. The Balaban J connectivity index is 1.78. The van der Waals surface area contributed by atoms with Crippen molar-refractivity contribution in [2.75, 3.05) is 19.0 Å². The number of hydrogen-bond acceptors (Lipinski definition) is 3. The van der Waals surface area contributed by atoms with Gasteiger partial charge in [-0.25, -0.2) is 0 Å². The Hall–Kier alpha value is -1.55. The Bertz CT molecular complexity index is 445. The summed E-state index contributed by atoms with van der Waals surface area (Å²) in [5.41, 5.74) is 0.804. The number of ether oxygens (including phenoxy) is 1. The highest BCUT2D eigenvalue weighted by atomic mass is 16.5. The predicted octanol–water partition coefficient (Wildman–Crippen LogP) is 3.19. The van der Waals surface area contributed by atoms with Crippen LogP contribution in [0, 0.1) is 5.92 Å². The Morgan fingerprint density at radius 3 is 2.62 bits per heavy atom. The molecule has 1 saturated carbocycles. The van der Waals surface area contributed by atoms with E-state index in [9.17, 15) is 4.79 Å². The average Bonchev–Trinajstić information content (AvgIpc) is 2.54. The number of carbonyl (C=O) groups is 1. The van der Waals surface area contributed by atoms with Gasteiger partial charge in [0.2, 0.25) is 5.91 Å². The highest BCUT2D eigenvalue weighted by molar-refractivity contribution is 5.92. The molecule has 0 radical (unpaired) electrons. The van der Waals surface area contributed by atoms with Crippen LogP contribution in [0.4, 0.5) is 5.69 Å². The van der Waals surface area contributed by atoms with Crippen molar-refractivity contribution in [3.05, 3.63) is 24.3 Å². The summed E-state index contributed by atoms with van der Waals surface area (Å²) in [6, 6.07) is 7.89. The third-order valence-corrected chi connectivity index (χ3v) is 4.33. The second-order valence-corrected chi connectivity index (χ2v) is 5.72. The molecule has 1 aliphatic carbocycles. The molecule has 4 heteroatoms. The third-order valence-electron chi connectivity index (χ3n) is 4.33. The standard InChI is InChI=1S/C17H26N2O2/c1-3-13-6-4-5-7-16(13)18-12-17(20)19-14-8-10-15(21-2)11-9-14/h8-11,13,16,18H,3-7,12H2,1-2H3,(H,19,20). The van der Waals surface area contributed by atoms with Gasteiger partial charge in [-0.3, -0.25) is 4.79 Å². The first-order valence-corrected chi connectivity index (χ1v) is 7.90. The molecule has 2 rings (SSSR count). The van der Waals surface area contributed by atoms with E-state index in [-0.39, 0.29) is 5.91 Å². The van der Waals surface area contributed by atoms with Crippen molar-refractivity contribution < 1.29 is 9.53 Å². The first-order valence-electron chi connectivity index (χ1n) is 7.90. The van der Waals surface area contributed by atoms with Gasteiger partial charge in [-0.2, -0.15) is 0 Å². The molecule has 1 aromatic rings. The van der Waals surface area contributed by atoms with E-state index in [2.05, 4.69) is 17.6 Å². The summed E-state index contributed by atoms with van der Waals surface area (Å²) in [5, 5.41) is 6.34. The number of rotatable bonds is 6. The molecule has 2 N–H and O–H groups in total. The van der Waals surface area contributed by atoms with Crippen LogP contribution in [0.25, 0.3) is 0 Å². The molecule has 0 saturated heterocycles. The van der Waals surface area contributed by atoms with Crippen molar-refractivity contribution in [2.24, 2.45) is 5.92 Å². The van der Waals surface area contributed by atoms with E-state index in [1.807, 2.05) is 24.3 Å². The van der Waals surface area contributed by atoms with Gasteiger partial charge in [-0.1, -0.05) is 26.2 Å². The molecule has 4 nitrogen and oxygen atoms in total. The quantitative estimate of drug-likeness (QED) is 0.846. The number of methoxy groups -OCH3 is 1. The minimum absolute atomic E-state index is 0.0144. The van der Waals surface area contributed by atoms with Crippen LogP contribution in [0.2, 0.25) is 0 Å². The zero-order valence-corrected chi connectivity index (χ0v) is 13.0. The van der Waals surface area contributed by atoms with Gasteiger partial charge in [0.25, 0.3) is 0 Å². The number of hydrogen-bond donors (Lipinski definition) is 2. The maximum absolute atomic E-state index is 12.0. The second-order valence-electron chi connectivity index (χ2n) is 5.72. The van der Waals surface area contributed by atoms with Gasteiger partial charge in [-0.05, 0) is 43.0 Å². The molecule has 116 valence electrons. The average molecular weight is 290 g/mol. The zero-order valence-electron chi connectivity index (χ0n) is 13.0. The van der Waals surface area contributed by atoms with Gasteiger partial charge in [-0.15, -0.1) is 0 Å². The summed E-state index contributed by atoms with van der Waals surface area (Å²) < 4.78 is 5.10. The van der Waals surface area contributed by atoms with Crippen molar-refractivity contribution >= 4 is 11.6 Å². The summed E-state index contributed by atoms with van der Waals surface area (Å²) in [4.78, 5) is 12.0. The monoisotopic (exact) mass is 290 g/mol. The Morgan fingerprint density at radius 1 is 1.24 bits per heavy atom. The number of anilines is 1. The summed E-state index contributed by atoms with van der Waals surface area (Å²) in [5.74, 6) is 1.52. The van der Waals surface area contributed by atoms with Crippen molar-refractivity contribution in [3.8, 4) is 5.75 Å². The Labute approximate surface area is 127 Å². The maximum Gasteiger partial charge on any atom is 0.238 e. The fourth-order valence-electron chi connectivity index (χ4n) is 3.07. The highest BCUT2D eigenvalue weighted by Gasteiger charge is 2.23. The number of nitrogens with one attached hydrogen (secondary N) is 2. The Kier molecular flexibility index (Phi) is 6.05. The van der Waals surface area contributed by atoms with E-state index in [1.54, 1.807) is 7.11 Å². The van der Waals surface area contributed by atoms with E-state index in [0.717, 1.165) is 11.4 Å². The maximum atomic E-state index is 12.0. The van der Waals surface area contributed by atoms with Gasteiger partial charge >= 0.3 is 0 Å². The van der Waals surface area contributed by atoms with Crippen LogP contribution in [-0.4, -0.2) is 25.6 Å². The van der Waals surface area contributed by atoms with Crippen LogP contribution in [0.15, 0.2) is 24.3 Å². The van der Waals surface area contributed by atoms with E-state index in [1.165, 1.54) is 32.1 Å². The first-order chi connectivity index (χ1) is 10.2. The fraction of sp³-hybridized carbons (Fsp3) is 0.588. The number of benzene rings is 1. The molecule has 21 heavy (non-hydrogen) atoms. The summed E-state index contributed by atoms with van der Waals surface area (Å²) in [6.07, 6.45) is 6.27. The number of amides is 1. The minimum Gasteiger partial charge on any atom is -0.497 e. The summed E-state index contributed by atoms with van der Waals surface area (Å²) in [7, 11) is 1.63. The van der Waals surface area contributed by atoms with Crippen molar-refractivity contribution in [2.45, 2.75) is 45.1 Å². The van der Waals surface area contributed by atoms with Crippen molar-refractivity contribution in [1.29, 1.82) is 0 Å². The minimum atomic E-state index is 0.0144. The van der Waals surface area contributed by atoms with E-state index in [4.69, 9.17) is 4.74 Å². The molecule has 1 fully saturated rings. The van der Waals surface area contributed by atoms with E-state index in [0.29, 0.717) is 18.5 Å². The van der Waals surface area contributed by atoms with Crippen LogP contribution < -0.4 is 15.4 Å². The molecular formula is C17H26N2O2. The van der Waals surface area contributed by atoms with Crippen LogP contribution in [0.3, 0.4) is 0 Å². The SMILES string of the molecule is CCC1CCCCC1NCC(=O)Nc1ccc(OC)cc1. The lowest BCUT2D eigenvalue weighted by molar-refractivity contribution is -0.115. The van der Waals surface area contributed by atoms with Crippen LogP contribution in [-0.2, 0) is 4.79 Å². The molecular weight excluding hydrogens is 264 g/mol. The molecule has 0 bridgehead atoms. The third kappa shape index (κ3) is 4.74. The topological polar surface area (TPSA) is 50.4 Å². The predicted molar refractivity (Wildman–Crippen MR) is 85.7 cm³/mol. The smallest absolute Gasteiger partial charge is 0.238 e. The lowest BCUT2D eigenvalue weighted by Crippen LogP contribution is -2.42. The van der Waals surface area contributed by atoms with Gasteiger partial charge in [0.05, 0.1) is 13.7 Å². The molecule has 0 aromatic heterocycles. The molecule has 1 aromatic carbocycles. The van der Waals surface area contributed by atoms with Gasteiger partial charge in [0.1, 0.15) is 5.75 Å². The lowest BCUT2D eigenvalue weighted by atomic mass is 9.83. The molecule has 1 amide bonds. The highest BCUT2D eigenvalue weighted by Crippen LogP contribution is 2.26. The van der Waals surface area contributed by atoms with Crippen molar-refractivity contribution in [3.63, 3.8) is 0 Å². The van der Waals surface area contributed by atoms with Crippen LogP contribution in [0.1, 0.15) is 39.0 Å². The normalized spacial score (nSPS) is 21.8. The van der Waals surface area contributed by atoms with Crippen LogP contribution in [0.5, 0.6) is 5.75 Å². The lowest BCUT2D eigenvalue weighted by Gasteiger charge is -2.31. The van der Waals surface area contributed by atoms with Gasteiger partial charge in [0, 0.05) is 11.7 Å². The largest absolute Gasteiger partial charge is 0.497 e. The first kappa shape index (κ1) is 15.8. The van der Waals surface area contributed by atoms with E-state index < -0.39 is 0 Å². The fourth-order valence-corrected chi connectivity index (χ4v) is 3.07. The summed E-state index contributed by atoms with van der Waals surface area (Å²) >= 11 is 0.